The first-order chi connectivity index (χ1) is 10.6. The van der Waals surface area contributed by atoms with Gasteiger partial charge in [-0.1, -0.05) is 13.8 Å². The van der Waals surface area contributed by atoms with Crippen molar-refractivity contribution in [2.45, 2.75) is 64.0 Å². The van der Waals surface area contributed by atoms with Crippen LogP contribution >= 0.6 is 0 Å². The maximum atomic E-state index is 12.5. The van der Waals surface area contributed by atoms with E-state index in [0.717, 1.165) is 51.2 Å². The SMILES string of the molecule is CC(C)c1nccn1[C@@H]1CCCN(C(=O)C[C@@H]2CCCO2)C1. The molecule has 2 fully saturated rings. The fourth-order valence-electron chi connectivity index (χ4n) is 3.62. The third kappa shape index (κ3) is 3.35. The lowest BCUT2D eigenvalue weighted by Gasteiger charge is -2.35. The van der Waals surface area contributed by atoms with Crippen LogP contribution in [0, 0.1) is 0 Å². The van der Waals surface area contributed by atoms with Crippen molar-refractivity contribution in [2.75, 3.05) is 19.7 Å². The Morgan fingerprint density at radius 1 is 1.41 bits per heavy atom. The van der Waals surface area contributed by atoms with Crippen molar-refractivity contribution in [3.8, 4) is 0 Å². The van der Waals surface area contributed by atoms with Crippen LogP contribution in [0.2, 0.25) is 0 Å². The van der Waals surface area contributed by atoms with E-state index in [1.54, 1.807) is 0 Å². The minimum Gasteiger partial charge on any atom is -0.378 e. The van der Waals surface area contributed by atoms with Crippen molar-refractivity contribution in [3.05, 3.63) is 18.2 Å². The zero-order valence-corrected chi connectivity index (χ0v) is 13.7. The Hall–Kier alpha value is -1.36. The minimum absolute atomic E-state index is 0.146. The molecule has 0 radical (unpaired) electrons. The molecule has 2 aliphatic rings. The van der Waals surface area contributed by atoms with Crippen molar-refractivity contribution >= 4 is 5.91 Å². The molecule has 5 nitrogen and oxygen atoms in total. The van der Waals surface area contributed by atoms with E-state index in [0.29, 0.717) is 18.4 Å². The summed E-state index contributed by atoms with van der Waals surface area (Å²) in [4.78, 5) is 19.0. The third-order valence-corrected chi connectivity index (χ3v) is 4.78. The molecule has 3 rings (SSSR count). The second-order valence-electron chi connectivity index (χ2n) is 6.82. The topological polar surface area (TPSA) is 47.4 Å². The number of rotatable bonds is 4. The van der Waals surface area contributed by atoms with Crippen LogP contribution < -0.4 is 0 Å². The van der Waals surface area contributed by atoms with Gasteiger partial charge in [0.25, 0.3) is 0 Å². The Balaban J connectivity index is 1.63. The first-order valence-electron chi connectivity index (χ1n) is 8.57. The summed E-state index contributed by atoms with van der Waals surface area (Å²) in [5.41, 5.74) is 0. The number of hydrogen-bond acceptors (Lipinski definition) is 3. The van der Waals surface area contributed by atoms with Crippen LogP contribution in [-0.4, -0.2) is 46.2 Å². The van der Waals surface area contributed by atoms with E-state index in [4.69, 9.17) is 4.74 Å². The number of imidazole rings is 1. The van der Waals surface area contributed by atoms with Crippen molar-refractivity contribution in [1.29, 1.82) is 0 Å². The maximum Gasteiger partial charge on any atom is 0.225 e. The number of amides is 1. The number of aromatic nitrogens is 2. The predicted molar refractivity (Wildman–Crippen MR) is 84.8 cm³/mol. The summed E-state index contributed by atoms with van der Waals surface area (Å²) in [7, 11) is 0. The number of ether oxygens (including phenoxy) is 1. The van der Waals surface area contributed by atoms with Gasteiger partial charge in [-0.3, -0.25) is 4.79 Å². The number of nitrogens with zero attached hydrogens (tertiary/aromatic N) is 3. The standard InChI is InChI=1S/C17H27N3O2/c1-13(2)17-18-7-9-20(17)14-5-3-8-19(12-14)16(21)11-15-6-4-10-22-15/h7,9,13-15H,3-6,8,10-12H2,1-2H3/t14-,15+/m1/s1. The maximum absolute atomic E-state index is 12.5. The van der Waals surface area contributed by atoms with Crippen LogP contribution in [0.4, 0.5) is 0 Å². The molecule has 0 N–H and O–H groups in total. The van der Waals surface area contributed by atoms with Crippen molar-refractivity contribution < 1.29 is 9.53 Å². The summed E-state index contributed by atoms with van der Waals surface area (Å²) in [5.74, 6) is 1.79. The highest BCUT2D eigenvalue weighted by molar-refractivity contribution is 5.76. The van der Waals surface area contributed by atoms with Gasteiger partial charge in [-0.15, -0.1) is 0 Å². The summed E-state index contributed by atoms with van der Waals surface area (Å²) in [6.45, 7) is 6.84. The molecule has 122 valence electrons. The van der Waals surface area contributed by atoms with Gasteiger partial charge in [-0.2, -0.15) is 0 Å². The lowest BCUT2D eigenvalue weighted by atomic mass is 10.0. The quantitative estimate of drug-likeness (QED) is 0.859. The second-order valence-corrected chi connectivity index (χ2v) is 6.82. The lowest BCUT2D eigenvalue weighted by molar-refractivity contribution is -0.135. The number of carbonyl (C=O) groups excluding carboxylic acids is 1. The van der Waals surface area contributed by atoms with Gasteiger partial charge in [0, 0.05) is 38.0 Å². The summed E-state index contributed by atoms with van der Waals surface area (Å²) >= 11 is 0. The molecule has 0 bridgehead atoms. The molecule has 1 aromatic heterocycles. The number of likely N-dealkylation sites (tertiary alicyclic amines) is 1. The molecule has 1 aromatic rings. The van der Waals surface area contributed by atoms with E-state index < -0.39 is 0 Å². The van der Waals surface area contributed by atoms with Crippen LogP contribution in [-0.2, 0) is 9.53 Å². The van der Waals surface area contributed by atoms with Crippen LogP contribution in [0.1, 0.15) is 63.7 Å². The lowest BCUT2D eigenvalue weighted by Crippen LogP contribution is -2.42. The molecule has 0 spiro atoms. The Kier molecular flexibility index (Phi) is 4.81. The number of piperidine rings is 1. The fraction of sp³-hybridized carbons (Fsp3) is 0.765. The molecule has 2 saturated heterocycles. The Labute approximate surface area is 132 Å². The largest absolute Gasteiger partial charge is 0.378 e. The molecular weight excluding hydrogens is 278 g/mol. The van der Waals surface area contributed by atoms with E-state index in [1.165, 1.54) is 0 Å². The van der Waals surface area contributed by atoms with E-state index in [9.17, 15) is 4.79 Å². The Bertz CT molecular complexity index is 506. The highest BCUT2D eigenvalue weighted by Crippen LogP contribution is 2.26. The van der Waals surface area contributed by atoms with Gasteiger partial charge >= 0.3 is 0 Å². The highest BCUT2D eigenvalue weighted by Gasteiger charge is 2.28. The average Bonchev–Trinajstić information content (AvgIpc) is 3.18. The molecule has 0 aliphatic carbocycles. The zero-order valence-electron chi connectivity index (χ0n) is 13.7. The molecule has 5 heteroatoms. The average molecular weight is 305 g/mol. The van der Waals surface area contributed by atoms with E-state index in [2.05, 4.69) is 29.6 Å². The summed E-state index contributed by atoms with van der Waals surface area (Å²) in [6, 6.07) is 0.363. The highest BCUT2D eigenvalue weighted by atomic mass is 16.5. The molecule has 0 saturated carbocycles. The molecule has 2 atom stereocenters. The van der Waals surface area contributed by atoms with Gasteiger partial charge in [0.15, 0.2) is 0 Å². The second kappa shape index (κ2) is 6.82. The van der Waals surface area contributed by atoms with Gasteiger partial charge in [-0.25, -0.2) is 4.98 Å². The van der Waals surface area contributed by atoms with E-state index >= 15 is 0 Å². The van der Waals surface area contributed by atoms with Crippen LogP contribution in [0.25, 0.3) is 0 Å². The van der Waals surface area contributed by atoms with Crippen LogP contribution in [0.3, 0.4) is 0 Å². The van der Waals surface area contributed by atoms with E-state index in [1.807, 2.05) is 11.1 Å². The monoisotopic (exact) mass is 305 g/mol. The normalized spacial score (nSPS) is 25.9. The third-order valence-electron chi connectivity index (χ3n) is 4.78. The smallest absolute Gasteiger partial charge is 0.225 e. The molecule has 0 unspecified atom stereocenters. The molecule has 1 amide bonds. The molecule has 2 aliphatic heterocycles. The summed E-state index contributed by atoms with van der Waals surface area (Å²) in [5, 5.41) is 0. The van der Waals surface area contributed by atoms with Gasteiger partial charge in [0.2, 0.25) is 5.91 Å². The Morgan fingerprint density at radius 2 is 2.27 bits per heavy atom. The minimum atomic E-state index is 0.146. The van der Waals surface area contributed by atoms with Gasteiger partial charge in [-0.05, 0) is 25.7 Å². The van der Waals surface area contributed by atoms with Crippen molar-refractivity contribution in [2.24, 2.45) is 0 Å². The van der Waals surface area contributed by atoms with Gasteiger partial charge in [0.05, 0.1) is 18.6 Å². The molecule has 22 heavy (non-hydrogen) atoms. The van der Waals surface area contributed by atoms with Crippen molar-refractivity contribution in [1.82, 2.24) is 14.5 Å². The van der Waals surface area contributed by atoms with E-state index in [-0.39, 0.29) is 12.0 Å². The first-order valence-corrected chi connectivity index (χ1v) is 8.57. The number of carbonyl (C=O) groups is 1. The van der Waals surface area contributed by atoms with Crippen LogP contribution in [0.15, 0.2) is 12.4 Å². The van der Waals surface area contributed by atoms with Gasteiger partial charge in [0.1, 0.15) is 5.82 Å². The predicted octanol–water partition coefficient (Wildman–Crippen LogP) is 2.74. The summed E-state index contributed by atoms with van der Waals surface area (Å²) < 4.78 is 7.88. The summed E-state index contributed by atoms with van der Waals surface area (Å²) in [6.07, 6.45) is 8.95. The molecule has 0 aromatic carbocycles. The molecular formula is C17H27N3O2. The number of hydrogen-bond donors (Lipinski definition) is 0. The fourth-order valence-corrected chi connectivity index (χ4v) is 3.62. The van der Waals surface area contributed by atoms with Crippen LogP contribution in [0.5, 0.6) is 0 Å². The zero-order chi connectivity index (χ0) is 15.5. The van der Waals surface area contributed by atoms with Crippen molar-refractivity contribution in [3.63, 3.8) is 0 Å². The molecule has 3 heterocycles. The first kappa shape index (κ1) is 15.5. The Morgan fingerprint density at radius 3 is 3.00 bits per heavy atom. The van der Waals surface area contributed by atoms with Gasteiger partial charge < -0.3 is 14.2 Å².